The van der Waals surface area contributed by atoms with E-state index in [4.69, 9.17) is 4.74 Å². The molecule has 2 aromatic carbocycles. The van der Waals surface area contributed by atoms with E-state index < -0.39 is 10.0 Å². The van der Waals surface area contributed by atoms with Gasteiger partial charge in [-0.25, -0.2) is 8.42 Å². The average Bonchev–Trinajstić information content (AvgIpc) is 2.67. The molecule has 146 valence electrons. The summed E-state index contributed by atoms with van der Waals surface area (Å²) in [5, 5.41) is 2.84. The lowest BCUT2D eigenvalue weighted by atomic mass is 10.1. The summed E-state index contributed by atoms with van der Waals surface area (Å²) in [6.45, 7) is 6.67. The zero-order valence-electron chi connectivity index (χ0n) is 16.2. The minimum Gasteiger partial charge on any atom is -0.496 e. The van der Waals surface area contributed by atoms with Gasteiger partial charge in [0.25, 0.3) is 5.91 Å². The number of carbonyl (C=O) groups is 1. The molecule has 6 nitrogen and oxygen atoms in total. The number of benzene rings is 2. The van der Waals surface area contributed by atoms with Crippen LogP contribution in [0.15, 0.2) is 47.4 Å². The minimum absolute atomic E-state index is 0.240. The van der Waals surface area contributed by atoms with Crippen LogP contribution in [0.4, 0.5) is 0 Å². The predicted octanol–water partition coefficient (Wildman–Crippen LogP) is 2.96. The molecule has 0 fully saturated rings. The summed E-state index contributed by atoms with van der Waals surface area (Å²) in [5.74, 6) is 0.272. The third kappa shape index (κ3) is 4.87. The van der Waals surface area contributed by atoms with Crippen LogP contribution in [0.5, 0.6) is 5.75 Å². The van der Waals surface area contributed by atoms with E-state index in [1.54, 1.807) is 36.4 Å². The van der Waals surface area contributed by atoms with E-state index in [2.05, 4.69) is 5.32 Å². The molecule has 2 aromatic rings. The number of aryl methyl sites for hydroxylation is 1. The molecule has 1 N–H and O–H groups in total. The molecule has 0 aliphatic heterocycles. The van der Waals surface area contributed by atoms with Crippen molar-refractivity contribution >= 4 is 15.9 Å². The fourth-order valence-electron chi connectivity index (χ4n) is 2.77. The number of carbonyl (C=O) groups excluding carboxylic acids is 1. The molecule has 0 atom stereocenters. The third-order valence-electron chi connectivity index (χ3n) is 4.32. The van der Waals surface area contributed by atoms with Crippen LogP contribution in [0.2, 0.25) is 0 Å². The Hall–Kier alpha value is -2.38. The molecule has 0 spiro atoms. The van der Waals surface area contributed by atoms with E-state index in [9.17, 15) is 13.2 Å². The van der Waals surface area contributed by atoms with Crippen LogP contribution < -0.4 is 10.1 Å². The van der Waals surface area contributed by atoms with Crippen LogP contribution in [0.1, 0.15) is 35.3 Å². The lowest BCUT2D eigenvalue weighted by molar-refractivity contribution is 0.0947. The Bertz CT molecular complexity index is 889. The number of methoxy groups -OCH3 is 1. The molecule has 0 saturated carbocycles. The molecule has 0 aliphatic rings. The second-order valence-electron chi connectivity index (χ2n) is 6.12. The van der Waals surface area contributed by atoms with Crippen molar-refractivity contribution in [3.05, 3.63) is 59.2 Å². The zero-order chi connectivity index (χ0) is 20.0. The Labute approximate surface area is 161 Å². The number of amides is 1. The van der Waals surface area contributed by atoms with E-state index in [-0.39, 0.29) is 10.8 Å². The number of hydrogen-bond acceptors (Lipinski definition) is 4. The normalized spacial score (nSPS) is 11.4. The maximum Gasteiger partial charge on any atom is 0.255 e. The number of nitrogens with zero attached hydrogens (tertiary/aromatic N) is 1. The molecule has 0 aromatic heterocycles. The number of sulfonamides is 1. The molecular formula is C20H26N2O4S. The minimum atomic E-state index is -3.48. The van der Waals surface area contributed by atoms with Crippen molar-refractivity contribution in [3.8, 4) is 5.75 Å². The fraction of sp³-hybridized carbons (Fsp3) is 0.350. The van der Waals surface area contributed by atoms with E-state index >= 15 is 0 Å². The second-order valence-corrected chi connectivity index (χ2v) is 8.06. The van der Waals surface area contributed by atoms with Crippen molar-refractivity contribution in [2.75, 3.05) is 20.2 Å². The SMILES string of the molecule is CCN(CC)S(=O)(=O)c1ccc(CNC(=O)c2cc(C)ccc2OC)cc1. The van der Waals surface area contributed by atoms with Gasteiger partial charge in [-0.1, -0.05) is 37.6 Å². The summed E-state index contributed by atoms with van der Waals surface area (Å²) in [6.07, 6.45) is 0. The average molecular weight is 391 g/mol. The van der Waals surface area contributed by atoms with Crippen molar-refractivity contribution in [2.24, 2.45) is 0 Å². The van der Waals surface area contributed by atoms with Gasteiger partial charge in [-0.05, 0) is 36.8 Å². The van der Waals surface area contributed by atoms with E-state index in [1.165, 1.54) is 11.4 Å². The van der Waals surface area contributed by atoms with Gasteiger partial charge in [0.05, 0.1) is 17.6 Å². The molecule has 1 amide bonds. The number of rotatable bonds is 8. The molecule has 2 rings (SSSR count). The van der Waals surface area contributed by atoms with Crippen LogP contribution >= 0.6 is 0 Å². The molecule has 0 heterocycles. The van der Waals surface area contributed by atoms with Gasteiger partial charge in [-0.3, -0.25) is 4.79 Å². The third-order valence-corrected chi connectivity index (χ3v) is 6.38. The van der Waals surface area contributed by atoms with Gasteiger partial charge >= 0.3 is 0 Å². The standard InChI is InChI=1S/C20H26N2O4S/c1-5-22(6-2)27(24,25)17-10-8-16(9-11-17)14-21-20(23)18-13-15(3)7-12-19(18)26-4/h7-13H,5-6,14H2,1-4H3,(H,21,23). The summed E-state index contributed by atoms with van der Waals surface area (Å²) < 4.78 is 31.7. The summed E-state index contributed by atoms with van der Waals surface area (Å²) in [5.41, 5.74) is 2.25. The Morgan fingerprint density at radius 1 is 1.07 bits per heavy atom. The van der Waals surface area contributed by atoms with E-state index in [0.29, 0.717) is 30.9 Å². The van der Waals surface area contributed by atoms with Crippen LogP contribution in [0.3, 0.4) is 0 Å². The summed E-state index contributed by atoms with van der Waals surface area (Å²) in [4.78, 5) is 12.7. The molecule has 7 heteroatoms. The Balaban J connectivity index is 2.10. The zero-order valence-corrected chi connectivity index (χ0v) is 17.0. The highest BCUT2D eigenvalue weighted by Gasteiger charge is 2.21. The highest BCUT2D eigenvalue weighted by atomic mass is 32.2. The maximum absolute atomic E-state index is 12.5. The Morgan fingerprint density at radius 3 is 2.26 bits per heavy atom. The Kier molecular flexibility index (Phi) is 6.98. The predicted molar refractivity (Wildman–Crippen MR) is 105 cm³/mol. The fourth-order valence-corrected chi connectivity index (χ4v) is 4.23. The summed E-state index contributed by atoms with van der Waals surface area (Å²) in [7, 11) is -1.95. The lowest BCUT2D eigenvalue weighted by Gasteiger charge is -2.18. The highest BCUT2D eigenvalue weighted by molar-refractivity contribution is 7.89. The van der Waals surface area contributed by atoms with Crippen LogP contribution in [-0.2, 0) is 16.6 Å². The molecular weight excluding hydrogens is 364 g/mol. The molecule has 27 heavy (non-hydrogen) atoms. The Morgan fingerprint density at radius 2 is 1.70 bits per heavy atom. The number of hydrogen-bond donors (Lipinski definition) is 1. The molecule has 0 saturated heterocycles. The quantitative estimate of drug-likeness (QED) is 0.752. The van der Waals surface area contributed by atoms with Gasteiger partial charge < -0.3 is 10.1 Å². The molecule has 0 aliphatic carbocycles. The van der Waals surface area contributed by atoms with Crippen LogP contribution in [0.25, 0.3) is 0 Å². The topological polar surface area (TPSA) is 75.7 Å². The highest BCUT2D eigenvalue weighted by Crippen LogP contribution is 2.20. The van der Waals surface area contributed by atoms with Crippen molar-refractivity contribution in [1.29, 1.82) is 0 Å². The summed E-state index contributed by atoms with van der Waals surface area (Å²) in [6, 6.07) is 12.0. The van der Waals surface area contributed by atoms with Gasteiger partial charge in [0, 0.05) is 19.6 Å². The molecule has 0 radical (unpaired) electrons. The first kappa shape index (κ1) is 20.9. The summed E-state index contributed by atoms with van der Waals surface area (Å²) >= 11 is 0. The van der Waals surface area contributed by atoms with Crippen molar-refractivity contribution in [1.82, 2.24) is 9.62 Å². The first-order chi connectivity index (χ1) is 12.8. The van der Waals surface area contributed by atoms with E-state index in [1.807, 2.05) is 26.8 Å². The van der Waals surface area contributed by atoms with Gasteiger partial charge in [-0.2, -0.15) is 4.31 Å². The van der Waals surface area contributed by atoms with Crippen molar-refractivity contribution < 1.29 is 17.9 Å². The van der Waals surface area contributed by atoms with Gasteiger partial charge in [0.1, 0.15) is 5.75 Å². The van der Waals surface area contributed by atoms with E-state index in [0.717, 1.165) is 11.1 Å². The molecule has 0 bridgehead atoms. The second kappa shape index (κ2) is 9.01. The van der Waals surface area contributed by atoms with Crippen LogP contribution in [-0.4, -0.2) is 38.8 Å². The number of ether oxygens (including phenoxy) is 1. The van der Waals surface area contributed by atoms with Crippen molar-refractivity contribution in [2.45, 2.75) is 32.2 Å². The van der Waals surface area contributed by atoms with Gasteiger partial charge in [0.2, 0.25) is 10.0 Å². The van der Waals surface area contributed by atoms with Crippen molar-refractivity contribution in [3.63, 3.8) is 0 Å². The smallest absolute Gasteiger partial charge is 0.255 e. The first-order valence-corrected chi connectivity index (χ1v) is 10.3. The lowest BCUT2D eigenvalue weighted by Crippen LogP contribution is -2.30. The monoisotopic (exact) mass is 390 g/mol. The van der Waals surface area contributed by atoms with Crippen LogP contribution in [0, 0.1) is 6.92 Å². The van der Waals surface area contributed by atoms with Gasteiger partial charge in [0.15, 0.2) is 0 Å². The number of nitrogens with one attached hydrogen (secondary N) is 1. The first-order valence-electron chi connectivity index (χ1n) is 8.85. The molecule has 0 unspecified atom stereocenters. The largest absolute Gasteiger partial charge is 0.496 e. The maximum atomic E-state index is 12.5. The van der Waals surface area contributed by atoms with Gasteiger partial charge in [-0.15, -0.1) is 0 Å².